The van der Waals surface area contributed by atoms with Gasteiger partial charge in [0.05, 0.1) is 0 Å². The normalized spacial score (nSPS) is 25.1. The molecule has 0 amide bonds. The van der Waals surface area contributed by atoms with Crippen LogP contribution in [0.5, 0.6) is 0 Å². The fourth-order valence-corrected chi connectivity index (χ4v) is 1.88. The summed E-state index contributed by atoms with van der Waals surface area (Å²) < 4.78 is 0. The highest BCUT2D eigenvalue weighted by Gasteiger charge is 2.34. The number of carbonyl (C=O) groups excluding carboxylic acids is 1. The molecule has 1 aliphatic carbocycles. The SMILES string of the molecule is O=C(c1ccccc1)C1(O)C=CCCC1. The van der Waals surface area contributed by atoms with Gasteiger partial charge in [0, 0.05) is 5.56 Å². The maximum absolute atomic E-state index is 12.0. The topological polar surface area (TPSA) is 37.3 Å². The molecular weight excluding hydrogens is 188 g/mol. The van der Waals surface area contributed by atoms with Crippen LogP contribution in [0, 0.1) is 0 Å². The molecule has 0 radical (unpaired) electrons. The standard InChI is InChI=1S/C13H14O2/c14-12(11-7-3-1-4-8-11)13(15)9-5-2-6-10-13/h1,3-5,7-9,15H,2,6,10H2. The first-order valence-corrected chi connectivity index (χ1v) is 5.22. The van der Waals surface area contributed by atoms with Gasteiger partial charge in [0.25, 0.3) is 0 Å². The van der Waals surface area contributed by atoms with E-state index in [1.807, 2.05) is 24.3 Å². The van der Waals surface area contributed by atoms with Crippen molar-refractivity contribution in [3.05, 3.63) is 48.0 Å². The lowest BCUT2D eigenvalue weighted by atomic mass is 9.84. The van der Waals surface area contributed by atoms with Crippen LogP contribution in [0.1, 0.15) is 29.6 Å². The first-order chi connectivity index (χ1) is 7.22. The molecule has 2 rings (SSSR count). The summed E-state index contributed by atoms with van der Waals surface area (Å²) in [4.78, 5) is 12.0. The van der Waals surface area contributed by atoms with Crippen molar-refractivity contribution in [1.82, 2.24) is 0 Å². The first-order valence-electron chi connectivity index (χ1n) is 5.22. The van der Waals surface area contributed by atoms with Crippen LogP contribution in [0.3, 0.4) is 0 Å². The average molecular weight is 202 g/mol. The second kappa shape index (κ2) is 3.99. The van der Waals surface area contributed by atoms with Crippen molar-refractivity contribution in [2.24, 2.45) is 0 Å². The highest BCUT2D eigenvalue weighted by Crippen LogP contribution is 2.25. The molecule has 0 saturated heterocycles. The largest absolute Gasteiger partial charge is 0.378 e. The van der Waals surface area contributed by atoms with E-state index in [-0.39, 0.29) is 5.78 Å². The second-order valence-corrected chi connectivity index (χ2v) is 3.91. The molecule has 0 fully saturated rings. The van der Waals surface area contributed by atoms with Crippen LogP contribution in [0.2, 0.25) is 0 Å². The highest BCUT2D eigenvalue weighted by molar-refractivity contribution is 6.03. The summed E-state index contributed by atoms with van der Waals surface area (Å²) in [6.45, 7) is 0. The van der Waals surface area contributed by atoms with Crippen molar-refractivity contribution >= 4 is 5.78 Å². The number of hydrogen-bond donors (Lipinski definition) is 1. The lowest BCUT2D eigenvalue weighted by molar-refractivity contribution is 0.0471. The predicted molar refractivity (Wildman–Crippen MR) is 58.7 cm³/mol. The Morgan fingerprint density at radius 2 is 2.00 bits per heavy atom. The molecule has 0 spiro atoms. The van der Waals surface area contributed by atoms with E-state index in [0.717, 1.165) is 12.8 Å². The third-order valence-corrected chi connectivity index (χ3v) is 2.75. The number of carbonyl (C=O) groups is 1. The van der Waals surface area contributed by atoms with E-state index >= 15 is 0 Å². The molecule has 0 heterocycles. The molecule has 78 valence electrons. The van der Waals surface area contributed by atoms with Gasteiger partial charge in [-0.3, -0.25) is 4.79 Å². The molecule has 0 aromatic heterocycles. The summed E-state index contributed by atoms with van der Waals surface area (Å²) >= 11 is 0. The molecule has 0 saturated carbocycles. The Morgan fingerprint density at radius 1 is 1.27 bits per heavy atom. The van der Waals surface area contributed by atoms with Crippen LogP contribution >= 0.6 is 0 Å². The summed E-state index contributed by atoms with van der Waals surface area (Å²) in [6.07, 6.45) is 5.85. The summed E-state index contributed by atoms with van der Waals surface area (Å²) in [6, 6.07) is 8.95. The molecule has 0 aliphatic heterocycles. The fraction of sp³-hybridized carbons (Fsp3) is 0.308. The molecule has 2 nitrogen and oxygen atoms in total. The Balaban J connectivity index is 2.28. The van der Waals surface area contributed by atoms with Gasteiger partial charge >= 0.3 is 0 Å². The van der Waals surface area contributed by atoms with Gasteiger partial charge in [0.1, 0.15) is 5.60 Å². The number of allylic oxidation sites excluding steroid dienone is 1. The molecule has 0 bridgehead atoms. The van der Waals surface area contributed by atoms with E-state index in [1.54, 1.807) is 18.2 Å². The van der Waals surface area contributed by atoms with E-state index < -0.39 is 5.60 Å². The average Bonchev–Trinajstić information content (AvgIpc) is 2.30. The number of rotatable bonds is 2. The quantitative estimate of drug-likeness (QED) is 0.590. The van der Waals surface area contributed by atoms with Crippen molar-refractivity contribution in [1.29, 1.82) is 0 Å². The molecule has 1 N–H and O–H groups in total. The van der Waals surface area contributed by atoms with Gasteiger partial charge in [0.2, 0.25) is 0 Å². The van der Waals surface area contributed by atoms with Crippen LogP contribution in [0.25, 0.3) is 0 Å². The number of benzene rings is 1. The van der Waals surface area contributed by atoms with Crippen molar-refractivity contribution in [3.8, 4) is 0 Å². The smallest absolute Gasteiger partial charge is 0.198 e. The van der Waals surface area contributed by atoms with Gasteiger partial charge in [0.15, 0.2) is 5.78 Å². The van der Waals surface area contributed by atoms with Crippen LogP contribution in [-0.2, 0) is 0 Å². The third kappa shape index (κ3) is 2.00. The Bertz CT molecular complexity index is 381. The van der Waals surface area contributed by atoms with Crippen molar-refractivity contribution in [2.45, 2.75) is 24.9 Å². The molecular formula is C13H14O2. The van der Waals surface area contributed by atoms with Crippen LogP contribution in [0.4, 0.5) is 0 Å². The summed E-state index contributed by atoms with van der Waals surface area (Å²) in [5.74, 6) is -0.195. The minimum Gasteiger partial charge on any atom is -0.378 e. The number of aliphatic hydroxyl groups is 1. The van der Waals surface area contributed by atoms with Crippen molar-refractivity contribution < 1.29 is 9.90 Å². The van der Waals surface area contributed by atoms with Crippen LogP contribution < -0.4 is 0 Å². The zero-order chi connectivity index (χ0) is 10.7. The zero-order valence-electron chi connectivity index (χ0n) is 8.52. The van der Waals surface area contributed by atoms with Gasteiger partial charge in [-0.15, -0.1) is 0 Å². The minimum absolute atomic E-state index is 0.195. The van der Waals surface area contributed by atoms with E-state index in [4.69, 9.17) is 0 Å². The number of hydrogen-bond acceptors (Lipinski definition) is 2. The fourth-order valence-electron chi connectivity index (χ4n) is 1.88. The summed E-state index contributed by atoms with van der Waals surface area (Å²) in [5.41, 5.74) is -0.703. The maximum atomic E-state index is 12.0. The second-order valence-electron chi connectivity index (χ2n) is 3.91. The van der Waals surface area contributed by atoms with Crippen molar-refractivity contribution in [2.75, 3.05) is 0 Å². The maximum Gasteiger partial charge on any atom is 0.198 e. The molecule has 1 atom stereocenters. The van der Waals surface area contributed by atoms with Gasteiger partial charge in [-0.25, -0.2) is 0 Å². The van der Waals surface area contributed by atoms with E-state index in [9.17, 15) is 9.90 Å². The van der Waals surface area contributed by atoms with E-state index in [0.29, 0.717) is 12.0 Å². The minimum atomic E-state index is -1.28. The Morgan fingerprint density at radius 3 is 2.60 bits per heavy atom. The van der Waals surface area contributed by atoms with Crippen LogP contribution in [-0.4, -0.2) is 16.5 Å². The highest BCUT2D eigenvalue weighted by atomic mass is 16.3. The Labute approximate surface area is 89.2 Å². The zero-order valence-corrected chi connectivity index (χ0v) is 8.52. The third-order valence-electron chi connectivity index (χ3n) is 2.75. The summed E-state index contributed by atoms with van der Waals surface area (Å²) in [5, 5.41) is 10.2. The van der Waals surface area contributed by atoms with Crippen molar-refractivity contribution in [3.63, 3.8) is 0 Å². The molecule has 1 aromatic rings. The Hall–Kier alpha value is -1.41. The first kappa shape index (κ1) is 10.1. The van der Waals surface area contributed by atoms with Gasteiger partial charge in [-0.1, -0.05) is 36.4 Å². The molecule has 15 heavy (non-hydrogen) atoms. The molecule has 1 aromatic carbocycles. The van der Waals surface area contributed by atoms with Crippen LogP contribution in [0.15, 0.2) is 42.5 Å². The molecule has 2 heteroatoms. The molecule has 1 unspecified atom stereocenters. The monoisotopic (exact) mass is 202 g/mol. The van der Waals surface area contributed by atoms with E-state index in [2.05, 4.69) is 0 Å². The predicted octanol–water partition coefficient (Wildman–Crippen LogP) is 2.34. The number of ketones is 1. The molecule has 1 aliphatic rings. The van der Waals surface area contributed by atoms with Gasteiger partial charge in [-0.2, -0.15) is 0 Å². The van der Waals surface area contributed by atoms with Gasteiger partial charge < -0.3 is 5.11 Å². The number of Topliss-reactive ketones (excluding diaryl/α,β-unsaturated/α-hetero) is 1. The summed E-state index contributed by atoms with van der Waals surface area (Å²) in [7, 11) is 0. The van der Waals surface area contributed by atoms with Gasteiger partial charge in [-0.05, 0) is 25.3 Å². The van der Waals surface area contributed by atoms with E-state index in [1.165, 1.54) is 0 Å². The lowest BCUT2D eigenvalue weighted by Crippen LogP contribution is -2.37. The lowest BCUT2D eigenvalue weighted by Gasteiger charge is -2.25. The Kier molecular flexibility index (Phi) is 2.69.